The van der Waals surface area contributed by atoms with E-state index in [1.807, 2.05) is 25.9 Å². The molecule has 3 saturated heterocycles. The van der Waals surface area contributed by atoms with E-state index in [4.69, 9.17) is 28.4 Å². The molecule has 5 N–H and O–H groups in total. The maximum Gasteiger partial charge on any atom is 0.311 e. The second kappa shape index (κ2) is 17.0. The summed E-state index contributed by atoms with van der Waals surface area (Å²) in [5.74, 6) is -4.98. The predicted molar refractivity (Wildman–Crippen MR) is 186 cm³/mol. The molecule has 0 aromatic rings. The van der Waals surface area contributed by atoms with Crippen LogP contribution in [0.15, 0.2) is 0 Å². The molecule has 18 atom stereocenters. The first kappa shape index (κ1) is 44.1. The van der Waals surface area contributed by atoms with Crippen molar-refractivity contribution < 1.29 is 63.5 Å². The Labute approximate surface area is 304 Å². The number of hydrogen-bond donors (Lipinski definition) is 5. The van der Waals surface area contributed by atoms with Gasteiger partial charge in [-0.2, -0.15) is 0 Å². The second-order valence-corrected chi connectivity index (χ2v) is 16.5. The standard InChI is InChI=1S/C37H67NO13/c1-14-25-37(10,45)30(41)20(4)27(39)18(2)16-35(8,44)32(51-34-28(40)24(38(11)12)15-19(3)47-34)21(5)29(22(6)33(43)49-25)50-26-17-36(9,46-13)31(42)23(7)48-26/h18-26,28-32,34,40-42,44-45H,14-17H2,1-13H3/t18-,19+,20?,21?,22-,23-,24-,25?,26-,28+,29?,30+,31-,32-,34-,35-,36+,37-/m0/s1. The summed E-state index contributed by atoms with van der Waals surface area (Å²) in [6.07, 6.45) is -9.71. The van der Waals surface area contributed by atoms with Gasteiger partial charge in [-0.3, -0.25) is 9.59 Å². The molecule has 4 unspecified atom stereocenters. The van der Waals surface area contributed by atoms with E-state index in [1.165, 1.54) is 27.9 Å². The Morgan fingerprint density at radius 2 is 1.49 bits per heavy atom. The first-order valence-corrected chi connectivity index (χ1v) is 18.5. The van der Waals surface area contributed by atoms with Gasteiger partial charge in [0, 0.05) is 37.3 Å². The Morgan fingerprint density at radius 1 is 0.882 bits per heavy atom. The fourth-order valence-corrected chi connectivity index (χ4v) is 8.41. The van der Waals surface area contributed by atoms with Crippen molar-refractivity contribution in [3.8, 4) is 0 Å². The smallest absolute Gasteiger partial charge is 0.311 e. The minimum absolute atomic E-state index is 0.0936. The minimum Gasteiger partial charge on any atom is -0.459 e. The lowest BCUT2D eigenvalue weighted by atomic mass is 9.74. The number of ketones is 1. The Bertz CT molecular complexity index is 1170. The lowest BCUT2D eigenvalue weighted by Gasteiger charge is -2.49. The van der Waals surface area contributed by atoms with Crippen LogP contribution in [0.4, 0.5) is 0 Å². The molecule has 0 aromatic heterocycles. The zero-order valence-electron chi connectivity index (χ0n) is 32.9. The van der Waals surface area contributed by atoms with Crippen molar-refractivity contribution in [2.75, 3.05) is 21.2 Å². The molecular formula is C37H67NO13. The Morgan fingerprint density at radius 3 is 2.04 bits per heavy atom. The summed E-state index contributed by atoms with van der Waals surface area (Å²) in [6, 6.07) is -0.324. The average molecular weight is 734 g/mol. The van der Waals surface area contributed by atoms with Gasteiger partial charge in [-0.05, 0) is 74.9 Å². The average Bonchev–Trinajstić information content (AvgIpc) is 3.05. The fraction of sp³-hybridized carbons (Fsp3) is 0.946. The molecule has 3 aliphatic heterocycles. The molecule has 0 amide bonds. The molecule has 298 valence electrons. The summed E-state index contributed by atoms with van der Waals surface area (Å²) in [7, 11) is 5.18. The number of aliphatic hydroxyl groups is 5. The number of ether oxygens (including phenoxy) is 6. The van der Waals surface area contributed by atoms with E-state index >= 15 is 0 Å². The number of Topliss-reactive ketones (excluding diaryl/α,β-unsaturated/α-hetero) is 1. The van der Waals surface area contributed by atoms with Crippen LogP contribution in [0.3, 0.4) is 0 Å². The van der Waals surface area contributed by atoms with E-state index in [1.54, 1.807) is 41.5 Å². The SMILES string of the molecule is CCC1OC(=O)[C@@H](C)C(O[C@H]2C[C@@](C)(OC)[C@@H](O)[C@H](C)O2)C(C)[C@H](O[C@@H]2O[C@H](C)C[C@H](N(C)C)[C@H]2O)[C@@](C)(O)C[C@H](C)C(=O)C(C)[C@@H](O)[C@@]1(C)O. The Kier molecular flexibility index (Phi) is 14.7. The molecule has 3 heterocycles. The van der Waals surface area contributed by atoms with E-state index in [0.717, 1.165) is 0 Å². The lowest BCUT2D eigenvalue weighted by Crippen LogP contribution is -2.61. The molecule has 14 nitrogen and oxygen atoms in total. The van der Waals surface area contributed by atoms with Crippen LogP contribution in [0, 0.1) is 23.7 Å². The molecule has 51 heavy (non-hydrogen) atoms. The van der Waals surface area contributed by atoms with Gasteiger partial charge in [0.25, 0.3) is 0 Å². The van der Waals surface area contributed by atoms with Crippen LogP contribution in [-0.4, -0.2) is 148 Å². The molecule has 0 bridgehead atoms. The molecule has 3 rings (SSSR count). The van der Waals surface area contributed by atoms with Crippen molar-refractivity contribution in [1.82, 2.24) is 4.90 Å². The Hall–Kier alpha value is -1.30. The first-order valence-electron chi connectivity index (χ1n) is 18.5. The molecule has 0 spiro atoms. The molecule has 3 aliphatic rings. The van der Waals surface area contributed by atoms with Crippen molar-refractivity contribution in [2.45, 2.75) is 179 Å². The quantitative estimate of drug-likeness (QED) is 0.238. The van der Waals surface area contributed by atoms with E-state index in [0.29, 0.717) is 6.42 Å². The van der Waals surface area contributed by atoms with E-state index in [-0.39, 0.29) is 31.4 Å². The lowest BCUT2D eigenvalue weighted by molar-refractivity contribution is -0.318. The highest BCUT2D eigenvalue weighted by molar-refractivity contribution is 5.83. The molecule has 0 aromatic carbocycles. The van der Waals surface area contributed by atoms with Crippen molar-refractivity contribution in [3.05, 3.63) is 0 Å². The number of esters is 1. The molecule has 14 heteroatoms. The number of nitrogens with zero attached hydrogens (tertiary/aromatic N) is 1. The third-order valence-electron chi connectivity index (χ3n) is 11.8. The van der Waals surface area contributed by atoms with E-state index in [9.17, 15) is 35.1 Å². The van der Waals surface area contributed by atoms with Crippen LogP contribution in [0.2, 0.25) is 0 Å². The normalized spacial score (nSPS) is 49.7. The van der Waals surface area contributed by atoms with E-state index < -0.39 is 108 Å². The monoisotopic (exact) mass is 733 g/mol. The molecule has 3 fully saturated rings. The number of carbonyl (C=O) groups is 2. The summed E-state index contributed by atoms with van der Waals surface area (Å²) in [5.41, 5.74) is -4.84. The number of cyclic esters (lactones) is 1. The highest BCUT2D eigenvalue weighted by atomic mass is 16.7. The van der Waals surface area contributed by atoms with Gasteiger partial charge < -0.3 is 58.9 Å². The highest BCUT2D eigenvalue weighted by Gasteiger charge is 2.53. The highest BCUT2D eigenvalue weighted by Crippen LogP contribution is 2.40. The second-order valence-electron chi connectivity index (χ2n) is 16.5. The summed E-state index contributed by atoms with van der Waals surface area (Å²) in [5, 5.41) is 57.6. The van der Waals surface area contributed by atoms with Crippen LogP contribution in [0.5, 0.6) is 0 Å². The van der Waals surface area contributed by atoms with Crippen molar-refractivity contribution in [3.63, 3.8) is 0 Å². The van der Waals surface area contributed by atoms with Gasteiger partial charge in [0.05, 0.1) is 47.6 Å². The van der Waals surface area contributed by atoms with Crippen LogP contribution in [-0.2, 0) is 38.0 Å². The van der Waals surface area contributed by atoms with Gasteiger partial charge in [0.1, 0.15) is 29.7 Å². The van der Waals surface area contributed by atoms with Gasteiger partial charge in [-0.25, -0.2) is 0 Å². The number of rotatable bonds is 7. The predicted octanol–water partition coefficient (Wildman–Crippen LogP) is 1.79. The molecule has 0 saturated carbocycles. The summed E-state index contributed by atoms with van der Waals surface area (Å²) in [4.78, 5) is 29.8. The van der Waals surface area contributed by atoms with Crippen LogP contribution in [0.1, 0.15) is 94.9 Å². The van der Waals surface area contributed by atoms with Crippen LogP contribution < -0.4 is 0 Å². The maximum absolute atomic E-state index is 14.1. The fourth-order valence-electron chi connectivity index (χ4n) is 8.41. The van der Waals surface area contributed by atoms with Crippen molar-refractivity contribution in [1.29, 1.82) is 0 Å². The number of hydrogen-bond acceptors (Lipinski definition) is 14. The van der Waals surface area contributed by atoms with Gasteiger partial charge in [-0.1, -0.05) is 27.7 Å². The third-order valence-corrected chi connectivity index (χ3v) is 11.8. The summed E-state index contributed by atoms with van der Waals surface area (Å²) >= 11 is 0. The molecule has 0 radical (unpaired) electrons. The van der Waals surface area contributed by atoms with E-state index in [2.05, 4.69) is 0 Å². The van der Waals surface area contributed by atoms with Gasteiger partial charge in [-0.15, -0.1) is 0 Å². The maximum atomic E-state index is 14.1. The van der Waals surface area contributed by atoms with Gasteiger partial charge in [0.15, 0.2) is 12.6 Å². The molecular weight excluding hydrogens is 666 g/mol. The number of aliphatic hydroxyl groups excluding tert-OH is 3. The third kappa shape index (κ3) is 9.51. The van der Waals surface area contributed by atoms with Crippen LogP contribution in [0.25, 0.3) is 0 Å². The zero-order chi connectivity index (χ0) is 39.0. The number of methoxy groups -OCH3 is 1. The minimum atomic E-state index is -1.99. The van der Waals surface area contributed by atoms with Crippen molar-refractivity contribution in [2.24, 2.45) is 23.7 Å². The summed E-state index contributed by atoms with van der Waals surface area (Å²) in [6.45, 7) is 16.3. The first-order chi connectivity index (χ1) is 23.4. The van der Waals surface area contributed by atoms with Gasteiger partial charge in [0.2, 0.25) is 0 Å². The van der Waals surface area contributed by atoms with Gasteiger partial charge >= 0.3 is 5.97 Å². The largest absolute Gasteiger partial charge is 0.459 e. The van der Waals surface area contributed by atoms with Crippen molar-refractivity contribution >= 4 is 11.8 Å². The zero-order valence-corrected chi connectivity index (χ0v) is 32.9. The molecule has 0 aliphatic carbocycles. The topological polar surface area (TPSA) is 194 Å². The summed E-state index contributed by atoms with van der Waals surface area (Å²) < 4.78 is 37.1. The Balaban J connectivity index is 2.18. The number of carbonyl (C=O) groups excluding carboxylic acids is 2. The van der Waals surface area contributed by atoms with Crippen LogP contribution >= 0.6 is 0 Å². The number of likely N-dealkylation sites (N-methyl/N-ethyl adjacent to an activating group) is 1.